The quantitative estimate of drug-likeness (QED) is 0.850. The van der Waals surface area contributed by atoms with E-state index in [1.807, 2.05) is 6.07 Å². The predicted octanol–water partition coefficient (Wildman–Crippen LogP) is 4.05. The summed E-state index contributed by atoms with van der Waals surface area (Å²) < 4.78 is 0. The molecule has 0 spiro atoms. The van der Waals surface area contributed by atoms with Gasteiger partial charge in [0.2, 0.25) is 0 Å². The molecule has 1 aromatic carbocycles. The van der Waals surface area contributed by atoms with Gasteiger partial charge in [0.05, 0.1) is 15.7 Å². The van der Waals surface area contributed by atoms with Crippen molar-refractivity contribution in [2.75, 3.05) is 5.32 Å². The highest BCUT2D eigenvalue weighted by atomic mass is 35.5. The lowest BCUT2D eigenvalue weighted by Gasteiger charge is -2.10. The van der Waals surface area contributed by atoms with E-state index in [0.717, 1.165) is 0 Å². The van der Waals surface area contributed by atoms with Crippen molar-refractivity contribution in [3.63, 3.8) is 0 Å². The highest BCUT2D eigenvalue weighted by molar-refractivity contribution is 6.39. The molecule has 0 fully saturated rings. The van der Waals surface area contributed by atoms with Crippen molar-refractivity contribution in [2.45, 2.75) is 0 Å². The molecule has 0 aliphatic heterocycles. The number of nitrogens with one attached hydrogen (secondary N) is 1. The Morgan fingerprint density at radius 3 is 2.39 bits per heavy atom. The van der Waals surface area contributed by atoms with E-state index in [0.29, 0.717) is 15.7 Å². The number of halogens is 3. The number of anilines is 2. The molecular weight excluding hydrogens is 295 g/mol. The molecule has 0 aliphatic carbocycles. The van der Waals surface area contributed by atoms with Crippen LogP contribution in [0.4, 0.5) is 11.5 Å². The second kappa shape index (κ2) is 5.40. The van der Waals surface area contributed by atoms with E-state index >= 15 is 0 Å². The summed E-state index contributed by atoms with van der Waals surface area (Å²) in [6, 6.07) is 6.98. The number of aromatic nitrogens is 2. The Morgan fingerprint density at radius 2 is 1.78 bits per heavy atom. The van der Waals surface area contributed by atoms with Crippen molar-refractivity contribution in [1.82, 2.24) is 9.97 Å². The average Bonchev–Trinajstić information content (AvgIpc) is 2.34. The molecule has 0 radical (unpaired) electrons. The zero-order chi connectivity index (χ0) is 13.1. The number of hydrogen-bond acceptors (Lipinski definition) is 4. The van der Waals surface area contributed by atoms with E-state index in [9.17, 15) is 0 Å². The maximum atomic E-state index is 9.00. The zero-order valence-electron chi connectivity index (χ0n) is 8.78. The molecule has 0 bridgehead atoms. The van der Waals surface area contributed by atoms with Gasteiger partial charge < -0.3 is 5.32 Å². The molecule has 18 heavy (non-hydrogen) atoms. The van der Waals surface area contributed by atoms with Crippen LogP contribution in [0.25, 0.3) is 0 Å². The van der Waals surface area contributed by atoms with Crippen LogP contribution in [-0.4, -0.2) is 9.97 Å². The Balaban J connectivity index is 2.48. The summed E-state index contributed by atoms with van der Waals surface area (Å²) in [5, 5.41) is 12.8. The third-order valence-electron chi connectivity index (χ3n) is 2.12. The van der Waals surface area contributed by atoms with Crippen LogP contribution in [0.5, 0.6) is 0 Å². The van der Waals surface area contributed by atoms with Crippen LogP contribution >= 0.6 is 34.8 Å². The second-order valence-corrected chi connectivity index (χ2v) is 4.39. The molecule has 7 heteroatoms. The monoisotopic (exact) mass is 298 g/mol. The van der Waals surface area contributed by atoms with Crippen LogP contribution in [0, 0.1) is 11.3 Å². The minimum atomic E-state index is 0.0678. The molecule has 0 saturated carbocycles. The molecule has 90 valence electrons. The first-order chi connectivity index (χ1) is 8.63. The molecule has 2 aromatic rings. The SMILES string of the molecule is N#Cc1c(Cl)ncnc1Nc1c(Cl)cccc1Cl. The van der Waals surface area contributed by atoms with Gasteiger partial charge in [-0.2, -0.15) is 5.26 Å². The lowest BCUT2D eigenvalue weighted by atomic mass is 10.3. The summed E-state index contributed by atoms with van der Waals surface area (Å²) in [6.45, 7) is 0. The van der Waals surface area contributed by atoms with Crippen molar-refractivity contribution >= 4 is 46.3 Å². The maximum Gasteiger partial charge on any atom is 0.153 e. The van der Waals surface area contributed by atoms with Crippen LogP contribution in [0.1, 0.15) is 5.56 Å². The number of para-hydroxylation sites is 1. The summed E-state index contributed by atoms with van der Waals surface area (Å²) in [6.07, 6.45) is 1.25. The van der Waals surface area contributed by atoms with Gasteiger partial charge in [-0.05, 0) is 12.1 Å². The molecular formula is C11H5Cl3N4. The summed E-state index contributed by atoms with van der Waals surface area (Å²) in [5.41, 5.74) is 0.599. The van der Waals surface area contributed by atoms with Gasteiger partial charge in [0.1, 0.15) is 18.0 Å². The van der Waals surface area contributed by atoms with Gasteiger partial charge >= 0.3 is 0 Å². The fourth-order valence-electron chi connectivity index (χ4n) is 1.29. The molecule has 1 aromatic heterocycles. The van der Waals surface area contributed by atoms with Crippen LogP contribution in [0.2, 0.25) is 15.2 Å². The summed E-state index contributed by atoms with van der Waals surface area (Å²) >= 11 is 17.8. The summed E-state index contributed by atoms with van der Waals surface area (Å²) in [5.74, 6) is 0.257. The molecule has 2 rings (SSSR count). The second-order valence-electron chi connectivity index (χ2n) is 3.22. The molecule has 1 heterocycles. The van der Waals surface area contributed by atoms with E-state index in [4.69, 9.17) is 40.1 Å². The Kier molecular flexibility index (Phi) is 3.87. The fraction of sp³-hybridized carbons (Fsp3) is 0. The highest BCUT2D eigenvalue weighted by Crippen LogP contribution is 2.33. The number of benzene rings is 1. The average molecular weight is 300 g/mol. The molecule has 1 N–H and O–H groups in total. The third-order valence-corrected chi connectivity index (χ3v) is 3.04. The number of rotatable bonds is 2. The molecule has 0 unspecified atom stereocenters. The van der Waals surface area contributed by atoms with Gasteiger partial charge in [-0.3, -0.25) is 0 Å². The Labute approximate surface area is 118 Å². The van der Waals surface area contributed by atoms with Crippen LogP contribution in [0.3, 0.4) is 0 Å². The molecule has 0 amide bonds. The van der Waals surface area contributed by atoms with E-state index in [-0.39, 0.29) is 16.5 Å². The van der Waals surface area contributed by atoms with Gasteiger partial charge in [0, 0.05) is 0 Å². The summed E-state index contributed by atoms with van der Waals surface area (Å²) in [7, 11) is 0. The van der Waals surface area contributed by atoms with Gasteiger partial charge in [0.15, 0.2) is 11.0 Å². The van der Waals surface area contributed by atoms with E-state index in [1.54, 1.807) is 18.2 Å². The predicted molar refractivity (Wildman–Crippen MR) is 71.5 cm³/mol. The van der Waals surface area contributed by atoms with Gasteiger partial charge in [-0.15, -0.1) is 0 Å². The van der Waals surface area contributed by atoms with Gasteiger partial charge in [0.25, 0.3) is 0 Å². The van der Waals surface area contributed by atoms with Gasteiger partial charge in [-0.1, -0.05) is 40.9 Å². The van der Waals surface area contributed by atoms with Crippen LogP contribution < -0.4 is 5.32 Å². The van der Waals surface area contributed by atoms with Crippen molar-refractivity contribution in [1.29, 1.82) is 5.26 Å². The lowest BCUT2D eigenvalue weighted by Crippen LogP contribution is -2.00. The largest absolute Gasteiger partial charge is 0.337 e. The summed E-state index contributed by atoms with van der Waals surface area (Å²) in [4.78, 5) is 7.66. The number of hydrogen-bond donors (Lipinski definition) is 1. The Bertz CT molecular complexity index is 616. The zero-order valence-corrected chi connectivity index (χ0v) is 11.1. The lowest BCUT2D eigenvalue weighted by molar-refractivity contribution is 1.15. The first kappa shape index (κ1) is 12.9. The minimum Gasteiger partial charge on any atom is -0.337 e. The topological polar surface area (TPSA) is 61.6 Å². The normalized spacial score (nSPS) is 9.89. The number of nitrogens with zero attached hydrogens (tertiary/aromatic N) is 3. The maximum absolute atomic E-state index is 9.00. The third kappa shape index (κ3) is 2.49. The van der Waals surface area contributed by atoms with Gasteiger partial charge in [-0.25, -0.2) is 9.97 Å². The van der Waals surface area contributed by atoms with Crippen LogP contribution in [-0.2, 0) is 0 Å². The van der Waals surface area contributed by atoms with Crippen molar-refractivity contribution < 1.29 is 0 Å². The smallest absolute Gasteiger partial charge is 0.153 e. The minimum absolute atomic E-state index is 0.0678. The van der Waals surface area contributed by atoms with E-state index in [2.05, 4.69) is 15.3 Å². The first-order valence-corrected chi connectivity index (χ1v) is 5.88. The van der Waals surface area contributed by atoms with E-state index < -0.39 is 0 Å². The van der Waals surface area contributed by atoms with Crippen molar-refractivity contribution in [3.05, 3.63) is 45.3 Å². The number of nitriles is 1. The van der Waals surface area contributed by atoms with Crippen molar-refractivity contribution in [2.24, 2.45) is 0 Å². The van der Waals surface area contributed by atoms with E-state index in [1.165, 1.54) is 6.33 Å². The van der Waals surface area contributed by atoms with Crippen LogP contribution in [0.15, 0.2) is 24.5 Å². The first-order valence-electron chi connectivity index (χ1n) is 4.75. The highest BCUT2D eigenvalue weighted by Gasteiger charge is 2.12. The standard InChI is InChI=1S/C11H5Cl3N4/c12-7-2-1-3-8(13)9(7)18-11-6(4-15)10(14)16-5-17-11/h1-3,5H,(H,16,17,18). The Hall–Kier alpha value is -1.54. The molecule has 0 saturated heterocycles. The molecule has 4 nitrogen and oxygen atoms in total. The molecule has 0 aliphatic rings. The fourth-order valence-corrected chi connectivity index (χ4v) is 1.96. The van der Waals surface area contributed by atoms with Crippen molar-refractivity contribution in [3.8, 4) is 6.07 Å². The Morgan fingerprint density at radius 1 is 1.11 bits per heavy atom. The molecule has 0 atom stereocenters.